The van der Waals surface area contributed by atoms with Crippen LogP contribution in [0.2, 0.25) is 39.3 Å². The molecule has 2 rings (SSSR count). The van der Waals surface area contributed by atoms with E-state index in [1.807, 2.05) is 0 Å². The summed E-state index contributed by atoms with van der Waals surface area (Å²) in [6.07, 6.45) is 1.89. The highest BCUT2D eigenvalue weighted by atomic mass is 28.4. The predicted molar refractivity (Wildman–Crippen MR) is 119 cm³/mol. The van der Waals surface area contributed by atoms with Crippen LogP contribution < -0.4 is 0 Å². The van der Waals surface area contributed by atoms with E-state index in [1.54, 1.807) is 0 Å². The van der Waals surface area contributed by atoms with Crippen molar-refractivity contribution >= 4 is 21.6 Å². The van der Waals surface area contributed by atoms with Gasteiger partial charge in [0, 0.05) is 6.42 Å². The minimum Gasteiger partial charge on any atom is -0.542 e. The average molecular weight is 381 g/mol. The van der Waals surface area contributed by atoms with Crippen molar-refractivity contribution in [2.45, 2.75) is 52.1 Å². The molecule has 0 radical (unpaired) electrons. The Balaban J connectivity index is 2.46. The first-order valence-corrected chi connectivity index (χ1v) is 16.3. The first kappa shape index (κ1) is 20.5. The Kier molecular flexibility index (Phi) is 6.88. The molecule has 0 N–H and O–H groups in total. The molecule has 0 aliphatic rings. The van der Waals surface area contributed by atoms with Crippen LogP contribution in [0.4, 0.5) is 0 Å². The van der Waals surface area contributed by atoms with Gasteiger partial charge in [0.1, 0.15) is 5.76 Å². The van der Waals surface area contributed by atoms with Gasteiger partial charge in [-0.3, -0.25) is 0 Å². The van der Waals surface area contributed by atoms with Gasteiger partial charge >= 0.3 is 0 Å². The molecule has 0 heterocycles. The van der Waals surface area contributed by atoms with Crippen LogP contribution in [0.1, 0.15) is 17.5 Å². The quantitative estimate of drug-likeness (QED) is 0.288. The summed E-state index contributed by atoms with van der Waals surface area (Å²) in [6, 6.07) is 21.3. The summed E-state index contributed by atoms with van der Waals surface area (Å²) in [5.41, 5.74) is 6.37. The van der Waals surface area contributed by atoms with Crippen LogP contribution >= 0.6 is 0 Å². The molecular formula is C23H32OSi2. The Bertz CT molecular complexity index is 759. The van der Waals surface area contributed by atoms with E-state index >= 15 is 0 Å². The Morgan fingerprint density at radius 3 is 1.85 bits per heavy atom. The van der Waals surface area contributed by atoms with Crippen molar-refractivity contribution in [1.29, 1.82) is 0 Å². The molecule has 26 heavy (non-hydrogen) atoms. The summed E-state index contributed by atoms with van der Waals surface area (Å²) in [6.45, 7) is 13.9. The molecule has 0 atom stereocenters. The fourth-order valence-corrected chi connectivity index (χ4v) is 5.29. The van der Waals surface area contributed by atoms with Crippen LogP contribution in [0.5, 0.6) is 0 Å². The lowest BCUT2D eigenvalue weighted by atomic mass is 10.1. The standard InChI is InChI=1S/C23H32OSi2/c1-25(2,3)23(21-15-11-8-12-16-21)19-22(24-26(4,5)6)18-17-20-13-9-7-10-14-20/h7-16H,17-18H2,1-6H3. The van der Waals surface area contributed by atoms with E-state index < -0.39 is 16.4 Å². The number of rotatable bonds is 7. The highest BCUT2D eigenvalue weighted by Gasteiger charge is 2.23. The Labute approximate surface area is 161 Å². The fourth-order valence-electron chi connectivity index (χ4n) is 2.85. The monoisotopic (exact) mass is 380 g/mol. The van der Waals surface area contributed by atoms with Crippen LogP contribution in [0.15, 0.2) is 72.2 Å². The van der Waals surface area contributed by atoms with Gasteiger partial charge in [-0.15, -0.1) is 0 Å². The SMILES string of the molecule is C[Si](C)(C)OC(=C=C(c1ccccc1)[Si](C)(C)C)CCc1ccccc1. The Morgan fingerprint density at radius 2 is 1.35 bits per heavy atom. The Hall–Kier alpha value is -1.81. The van der Waals surface area contributed by atoms with Crippen LogP contribution in [0, 0.1) is 0 Å². The maximum Gasteiger partial charge on any atom is 0.242 e. The van der Waals surface area contributed by atoms with E-state index in [9.17, 15) is 0 Å². The van der Waals surface area contributed by atoms with E-state index in [2.05, 4.69) is 106 Å². The summed E-state index contributed by atoms with van der Waals surface area (Å²) >= 11 is 0. The first-order chi connectivity index (χ1) is 12.1. The van der Waals surface area contributed by atoms with Crippen LogP contribution in [0.25, 0.3) is 5.20 Å². The zero-order chi connectivity index (χ0) is 19.2. The predicted octanol–water partition coefficient (Wildman–Crippen LogP) is 6.91. The zero-order valence-corrected chi connectivity index (χ0v) is 19.1. The van der Waals surface area contributed by atoms with Gasteiger partial charge in [-0.1, -0.05) is 86.0 Å². The zero-order valence-electron chi connectivity index (χ0n) is 17.1. The van der Waals surface area contributed by atoms with Gasteiger partial charge in [0.15, 0.2) is 0 Å². The lowest BCUT2D eigenvalue weighted by molar-refractivity contribution is 0.401. The fraction of sp³-hybridized carbons (Fsp3) is 0.348. The molecule has 0 fully saturated rings. The molecule has 2 aromatic carbocycles. The third-order valence-corrected chi connectivity index (χ3v) is 6.76. The molecule has 0 amide bonds. The van der Waals surface area contributed by atoms with Gasteiger partial charge in [0.25, 0.3) is 0 Å². The smallest absolute Gasteiger partial charge is 0.242 e. The lowest BCUT2D eigenvalue weighted by Crippen LogP contribution is -2.26. The first-order valence-electron chi connectivity index (χ1n) is 9.44. The molecule has 0 spiro atoms. The second kappa shape index (κ2) is 8.72. The minimum absolute atomic E-state index is 0.898. The summed E-state index contributed by atoms with van der Waals surface area (Å²) in [4.78, 5) is 0. The molecule has 0 aromatic heterocycles. The van der Waals surface area contributed by atoms with Crippen molar-refractivity contribution in [1.82, 2.24) is 0 Å². The Morgan fingerprint density at radius 1 is 0.808 bits per heavy atom. The normalized spacial score (nSPS) is 11.6. The molecule has 0 unspecified atom stereocenters. The van der Waals surface area contributed by atoms with E-state index in [0.29, 0.717) is 0 Å². The van der Waals surface area contributed by atoms with Crippen LogP contribution in [-0.2, 0) is 10.8 Å². The van der Waals surface area contributed by atoms with E-state index in [0.717, 1.165) is 18.6 Å². The molecule has 0 aliphatic carbocycles. The summed E-state index contributed by atoms with van der Waals surface area (Å²) in [5.74, 6) is 1.02. The van der Waals surface area contributed by atoms with Crippen LogP contribution in [-0.4, -0.2) is 16.4 Å². The second-order valence-electron chi connectivity index (χ2n) is 8.74. The minimum atomic E-state index is -1.68. The van der Waals surface area contributed by atoms with Gasteiger partial charge in [-0.25, -0.2) is 0 Å². The topological polar surface area (TPSA) is 9.23 Å². The average Bonchev–Trinajstić information content (AvgIpc) is 2.57. The summed E-state index contributed by atoms with van der Waals surface area (Å²) < 4.78 is 6.45. The molecule has 0 aliphatic heterocycles. The van der Waals surface area contributed by atoms with Crippen molar-refractivity contribution in [2.75, 3.05) is 0 Å². The number of hydrogen-bond acceptors (Lipinski definition) is 1. The van der Waals surface area contributed by atoms with E-state index in [-0.39, 0.29) is 0 Å². The maximum absolute atomic E-state index is 6.45. The molecule has 138 valence electrons. The molecule has 0 saturated heterocycles. The molecule has 3 heteroatoms. The number of aryl methyl sites for hydroxylation is 1. The van der Waals surface area contributed by atoms with Crippen molar-refractivity contribution < 1.29 is 4.43 Å². The van der Waals surface area contributed by atoms with Crippen molar-refractivity contribution in [3.8, 4) is 0 Å². The third-order valence-electron chi connectivity index (χ3n) is 3.99. The number of allylic oxidation sites excluding steroid dienone is 1. The highest BCUT2D eigenvalue weighted by molar-refractivity contribution is 6.93. The van der Waals surface area contributed by atoms with Gasteiger partial charge in [-0.05, 0) is 42.4 Å². The van der Waals surface area contributed by atoms with Gasteiger partial charge in [-0.2, -0.15) is 0 Å². The maximum atomic E-state index is 6.45. The number of hydrogen-bond donors (Lipinski definition) is 0. The van der Waals surface area contributed by atoms with Gasteiger partial charge < -0.3 is 4.43 Å². The summed E-state index contributed by atoms with van der Waals surface area (Å²) in [7, 11) is -3.24. The van der Waals surface area contributed by atoms with Crippen molar-refractivity contribution in [3.63, 3.8) is 0 Å². The molecule has 1 nitrogen and oxygen atoms in total. The van der Waals surface area contributed by atoms with E-state index in [4.69, 9.17) is 4.43 Å². The summed E-state index contributed by atoms with van der Waals surface area (Å²) in [5, 5.41) is 1.35. The van der Waals surface area contributed by atoms with E-state index in [1.165, 1.54) is 16.3 Å². The highest BCUT2D eigenvalue weighted by Crippen LogP contribution is 2.27. The van der Waals surface area contributed by atoms with Gasteiger partial charge in [0.2, 0.25) is 8.32 Å². The molecule has 0 saturated carbocycles. The van der Waals surface area contributed by atoms with Gasteiger partial charge in [0.05, 0.1) is 8.07 Å². The molecule has 0 bridgehead atoms. The third kappa shape index (κ3) is 6.83. The van der Waals surface area contributed by atoms with Crippen molar-refractivity contribution in [2.24, 2.45) is 0 Å². The number of benzene rings is 2. The molecular weight excluding hydrogens is 348 g/mol. The van der Waals surface area contributed by atoms with Crippen molar-refractivity contribution in [3.05, 3.63) is 83.3 Å². The molecule has 2 aromatic rings. The second-order valence-corrected chi connectivity index (χ2v) is 18.2. The van der Waals surface area contributed by atoms with Crippen LogP contribution in [0.3, 0.4) is 0 Å². The lowest BCUT2D eigenvalue weighted by Gasteiger charge is -2.23. The largest absolute Gasteiger partial charge is 0.542 e.